The molecule has 0 unspecified atom stereocenters. The number of nitrogens with one attached hydrogen (secondary N) is 1. The molecule has 2 saturated heterocycles. The van der Waals surface area contributed by atoms with Gasteiger partial charge in [-0.3, -0.25) is 9.59 Å². The third-order valence-electron chi connectivity index (χ3n) is 4.61. The van der Waals surface area contributed by atoms with Gasteiger partial charge in [0.1, 0.15) is 0 Å². The van der Waals surface area contributed by atoms with Gasteiger partial charge in [-0.25, -0.2) is 0 Å². The molecule has 0 aliphatic carbocycles. The number of likely N-dealkylation sites (N-methyl/N-ethyl adjacent to an activating group) is 1. The Morgan fingerprint density at radius 2 is 1.76 bits per heavy atom. The van der Waals surface area contributed by atoms with Crippen LogP contribution < -0.4 is 5.32 Å². The largest absolute Gasteiger partial charge is 0.352 e. The summed E-state index contributed by atoms with van der Waals surface area (Å²) in [6.07, 6.45) is 6.37. The molecular formula is C16H29N3O2. The standard InChI is InChI=1S/C16H29N3O2/c1-2-18-12-9-14(13-18)17-15(20)7-8-16(21)19-10-5-3-4-6-11-19/h14H,2-13H2,1H3,(H,17,20)/t14-/m1/s1. The van der Waals surface area contributed by atoms with Crippen molar-refractivity contribution in [2.24, 2.45) is 0 Å². The van der Waals surface area contributed by atoms with Gasteiger partial charge in [0.2, 0.25) is 11.8 Å². The molecule has 0 aromatic heterocycles. The van der Waals surface area contributed by atoms with E-state index in [1.165, 1.54) is 12.8 Å². The number of rotatable bonds is 5. The van der Waals surface area contributed by atoms with Gasteiger partial charge < -0.3 is 15.1 Å². The zero-order valence-electron chi connectivity index (χ0n) is 13.3. The SMILES string of the molecule is CCN1CC[C@@H](NC(=O)CCC(=O)N2CCCCCC2)C1. The summed E-state index contributed by atoms with van der Waals surface area (Å²) in [4.78, 5) is 28.4. The second-order valence-electron chi connectivity index (χ2n) is 6.24. The number of amides is 2. The minimum atomic E-state index is 0.0288. The average Bonchev–Trinajstić information content (AvgIpc) is 2.76. The van der Waals surface area contributed by atoms with Crippen LogP contribution in [-0.4, -0.2) is 60.4 Å². The molecule has 0 spiro atoms. The molecule has 2 heterocycles. The quantitative estimate of drug-likeness (QED) is 0.833. The van der Waals surface area contributed by atoms with E-state index in [1.807, 2.05) is 4.90 Å². The van der Waals surface area contributed by atoms with E-state index in [1.54, 1.807) is 0 Å². The van der Waals surface area contributed by atoms with Crippen molar-refractivity contribution >= 4 is 11.8 Å². The maximum Gasteiger partial charge on any atom is 0.223 e. The fourth-order valence-electron chi connectivity index (χ4n) is 3.24. The normalized spacial score (nSPS) is 23.9. The fraction of sp³-hybridized carbons (Fsp3) is 0.875. The summed E-state index contributed by atoms with van der Waals surface area (Å²) < 4.78 is 0. The highest BCUT2D eigenvalue weighted by Gasteiger charge is 2.23. The molecule has 5 heteroatoms. The van der Waals surface area contributed by atoms with E-state index in [0.717, 1.165) is 52.0 Å². The minimum Gasteiger partial charge on any atom is -0.352 e. The first-order valence-electron chi connectivity index (χ1n) is 8.48. The maximum atomic E-state index is 12.1. The number of carbonyl (C=O) groups is 2. The van der Waals surface area contributed by atoms with E-state index in [0.29, 0.717) is 12.8 Å². The Labute approximate surface area is 128 Å². The van der Waals surface area contributed by atoms with Gasteiger partial charge in [0.15, 0.2) is 0 Å². The number of hydrogen-bond acceptors (Lipinski definition) is 3. The molecule has 0 saturated carbocycles. The molecule has 120 valence electrons. The molecular weight excluding hydrogens is 266 g/mol. The molecule has 0 radical (unpaired) electrons. The van der Waals surface area contributed by atoms with E-state index in [4.69, 9.17) is 0 Å². The van der Waals surface area contributed by atoms with Crippen LogP contribution in [0.1, 0.15) is 51.9 Å². The summed E-state index contributed by atoms with van der Waals surface area (Å²) in [6.45, 7) is 6.93. The molecule has 1 N–H and O–H groups in total. The van der Waals surface area contributed by atoms with Gasteiger partial charge in [-0.1, -0.05) is 19.8 Å². The van der Waals surface area contributed by atoms with Gasteiger partial charge >= 0.3 is 0 Å². The average molecular weight is 295 g/mol. The lowest BCUT2D eigenvalue weighted by Crippen LogP contribution is -2.38. The smallest absolute Gasteiger partial charge is 0.223 e. The molecule has 2 amide bonds. The molecule has 0 aromatic rings. The van der Waals surface area contributed by atoms with Gasteiger partial charge in [0, 0.05) is 45.1 Å². The van der Waals surface area contributed by atoms with Crippen LogP contribution in [0.25, 0.3) is 0 Å². The van der Waals surface area contributed by atoms with Crippen molar-refractivity contribution < 1.29 is 9.59 Å². The number of nitrogens with zero attached hydrogens (tertiary/aromatic N) is 2. The van der Waals surface area contributed by atoms with Gasteiger partial charge in [0.05, 0.1) is 0 Å². The first-order valence-corrected chi connectivity index (χ1v) is 8.48. The number of hydrogen-bond donors (Lipinski definition) is 1. The van der Waals surface area contributed by atoms with Crippen LogP contribution in [-0.2, 0) is 9.59 Å². The van der Waals surface area contributed by atoms with E-state index in [-0.39, 0.29) is 17.9 Å². The number of carbonyl (C=O) groups excluding carboxylic acids is 2. The summed E-state index contributed by atoms with van der Waals surface area (Å²) in [5.74, 6) is 0.176. The molecule has 2 aliphatic rings. The van der Waals surface area contributed by atoms with Gasteiger partial charge in [-0.15, -0.1) is 0 Å². The highest BCUT2D eigenvalue weighted by molar-refractivity contribution is 5.83. The zero-order valence-corrected chi connectivity index (χ0v) is 13.3. The highest BCUT2D eigenvalue weighted by Crippen LogP contribution is 2.12. The summed E-state index contributed by atoms with van der Waals surface area (Å²) in [6, 6.07) is 0.269. The van der Waals surface area contributed by atoms with Crippen LogP contribution in [0.5, 0.6) is 0 Å². The van der Waals surface area contributed by atoms with Crippen molar-refractivity contribution in [2.45, 2.75) is 57.9 Å². The lowest BCUT2D eigenvalue weighted by Gasteiger charge is -2.20. The van der Waals surface area contributed by atoms with Crippen molar-refractivity contribution in [1.29, 1.82) is 0 Å². The zero-order chi connectivity index (χ0) is 15.1. The summed E-state index contributed by atoms with van der Waals surface area (Å²) >= 11 is 0. The van der Waals surface area contributed by atoms with E-state index < -0.39 is 0 Å². The first-order chi connectivity index (χ1) is 10.2. The van der Waals surface area contributed by atoms with Gasteiger partial charge in [-0.05, 0) is 25.8 Å². The molecule has 2 aliphatic heterocycles. The first kappa shape index (κ1) is 16.3. The van der Waals surface area contributed by atoms with Crippen LogP contribution >= 0.6 is 0 Å². The summed E-state index contributed by atoms with van der Waals surface area (Å²) in [5.41, 5.74) is 0. The van der Waals surface area contributed by atoms with Crippen LogP contribution in [0.2, 0.25) is 0 Å². The third kappa shape index (κ3) is 5.30. The van der Waals surface area contributed by atoms with Crippen molar-refractivity contribution in [2.75, 3.05) is 32.7 Å². The van der Waals surface area contributed by atoms with Crippen molar-refractivity contribution in [1.82, 2.24) is 15.1 Å². The lowest BCUT2D eigenvalue weighted by molar-refractivity contribution is -0.133. The van der Waals surface area contributed by atoms with E-state index in [2.05, 4.69) is 17.1 Å². The van der Waals surface area contributed by atoms with Gasteiger partial charge in [-0.2, -0.15) is 0 Å². The Balaban J connectivity index is 1.65. The Morgan fingerprint density at radius 3 is 2.38 bits per heavy atom. The van der Waals surface area contributed by atoms with Crippen molar-refractivity contribution in [3.05, 3.63) is 0 Å². The lowest BCUT2D eigenvalue weighted by atomic mass is 10.2. The topological polar surface area (TPSA) is 52.7 Å². The molecule has 21 heavy (non-hydrogen) atoms. The Morgan fingerprint density at radius 1 is 1.05 bits per heavy atom. The Hall–Kier alpha value is -1.10. The van der Waals surface area contributed by atoms with Crippen LogP contribution in [0.3, 0.4) is 0 Å². The molecule has 5 nitrogen and oxygen atoms in total. The van der Waals surface area contributed by atoms with Crippen LogP contribution in [0.15, 0.2) is 0 Å². The monoisotopic (exact) mass is 295 g/mol. The molecule has 0 aromatic carbocycles. The van der Waals surface area contributed by atoms with Gasteiger partial charge in [0.25, 0.3) is 0 Å². The predicted octanol–water partition coefficient (Wildman–Crippen LogP) is 1.38. The second kappa shape index (κ2) is 8.37. The predicted molar refractivity (Wildman–Crippen MR) is 82.9 cm³/mol. The fourth-order valence-corrected chi connectivity index (χ4v) is 3.24. The molecule has 2 rings (SSSR count). The molecule has 1 atom stereocenters. The van der Waals surface area contributed by atoms with E-state index >= 15 is 0 Å². The molecule has 0 bridgehead atoms. The molecule has 2 fully saturated rings. The third-order valence-corrected chi connectivity index (χ3v) is 4.61. The minimum absolute atomic E-state index is 0.0288. The Kier molecular flexibility index (Phi) is 6.49. The summed E-state index contributed by atoms with van der Waals surface area (Å²) in [7, 11) is 0. The maximum absolute atomic E-state index is 12.1. The van der Waals surface area contributed by atoms with Crippen LogP contribution in [0, 0.1) is 0 Å². The van der Waals surface area contributed by atoms with Crippen molar-refractivity contribution in [3.63, 3.8) is 0 Å². The van der Waals surface area contributed by atoms with E-state index in [9.17, 15) is 9.59 Å². The summed E-state index contributed by atoms with van der Waals surface area (Å²) in [5, 5.41) is 3.06. The second-order valence-corrected chi connectivity index (χ2v) is 6.24. The number of likely N-dealkylation sites (tertiary alicyclic amines) is 2. The van der Waals surface area contributed by atoms with Crippen LogP contribution in [0.4, 0.5) is 0 Å². The highest BCUT2D eigenvalue weighted by atomic mass is 16.2. The Bertz CT molecular complexity index is 351. The van der Waals surface area contributed by atoms with Crippen molar-refractivity contribution in [3.8, 4) is 0 Å².